The van der Waals surface area contributed by atoms with Crippen LogP contribution in [0.2, 0.25) is 0 Å². The summed E-state index contributed by atoms with van der Waals surface area (Å²) in [5, 5.41) is 24.4. The molecule has 0 fully saturated rings. The van der Waals surface area contributed by atoms with E-state index in [0.29, 0.717) is 10.9 Å². The summed E-state index contributed by atoms with van der Waals surface area (Å²) in [6, 6.07) is 16.6. The minimum absolute atomic E-state index is 0.0773. The summed E-state index contributed by atoms with van der Waals surface area (Å²) in [5.41, 5.74) is 2.87. The van der Waals surface area contributed by atoms with Crippen molar-refractivity contribution in [3.8, 4) is 5.75 Å². The number of carboxylic acids is 1. The van der Waals surface area contributed by atoms with Crippen molar-refractivity contribution in [2.24, 2.45) is 5.10 Å². The van der Waals surface area contributed by atoms with Gasteiger partial charge in [-0.3, -0.25) is 4.79 Å². The van der Waals surface area contributed by atoms with E-state index in [4.69, 9.17) is 5.11 Å². The second kappa shape index (κ2) is 6.84. The van der Waals surface area contributed by atoms with Crippen LogP contribution in [0.3, 0.4) is 0 Å². The highest BCUT2D eigenvalue weighted by Gasteiger charge is 2.14. The molecule has 3 aromatic rings. The predicted octanol–water partition coefficient (Wildman–Crippen LogP) is 3.01. The molecule has 1 amide bonds. The van der Waals surface area contributed by atoms with Crippen molar-refractivity contribution >= 4 is 28.9 Å². The zero-order valence-electron chi connectivity index (χ0n) is 13.0. The molecular formula is C19H14N2O4. The summed E-state index contributed by atoms with van der Waals surface area (Å²) in [4.78, 5) is 23.5. The average Bonchev–Trinajstić information content (AvgIpc) is 2.61. The van der Waals surface area contributed by atoms with Crippen molar-refractivity contribution in [3.05, 3.63) is 77.4 Å². The Kier molecular flexibility index (Phi) is 4.43. The lowest BCUT2D eigenvalue weighted by Crippen LogP contribution is -2.18. The fourth-order valence-corrected chi connectivity index (χ4v) is 2.52. The highest BCUT2D eigenvalue weighted by atomic mass is 16.4. The van der Waals surface area contributed by atoms with E-state index in [0.717, 1.165) is 5.39 Å². The zero-order chi connectivity index (χ0) is 17.8. The first-order chi connectivity index (χ1) is 12.1. The highest BCUT2D eigenvalue weighted by molar-refractivity contribution is 6.09. The monoisotopic (exact) mass is 334 g/mol. The number of carbonyl (C=O) groups excluding carboxylic acids is 1. The number of hydrazone groups is 1. The van der Waals surface area contributed by atoms with Crippen LogP contribution in [0, 0.1) is 0 Å². The first-order valence-electron chi connectivity index (χ1n) is 7.44. The van der Waals surface area contributed by atoms with Crippen LogP contribution < -0.4 is 5.43 Å². The van der Waals surface area contributed by atoms with Crippen LogP contribution in [0.25, 0.3) is 10.8 Å². The SMILES string of the molecule is O=C(O)c1ccccc1C=NNC(=O)c1c(O)ccc2ccccc12. The molecule has 3 aromatic carbocycles. The summed E-state index contributed by atoms with van der Waals surface area (Å²) in [6.45, 7) is 0. The number of hydrogen-bond acceptors (Lipinski definition) is 4. The molecule has 124 valence electrons. The number of benzene rings is 3. The molecule has 0 aliphatic rings. The number of phenols is 1. The molecule has 0 spiro atoms. The van der Waals surface area contributed by atoms with Crippen molar-refractivity contribution in [2.75, 3.05) is 0 Å². The topological polar surface area (TPSA) is 99.0 Å². The molecule has 25 heavy (non-hydrogen) atoms. The van der Waals surface area contributed by atoms with Gasteiger partial charge in [0.05, 0.1) is 17.3 Å². The fraction of sp³-hybridized carbons (Fsp3) is 0. The zero-order valence-corrected chi connectivity index (χ0v) is 13.0. The minimum atomic E-state index is -1.08. The van der Waals surface area contributed by atoms with Gasteiger partial charge in [0, 0.05) is 5.56 Å². The molecule has 0 aliphatic heterocycles. The third kappa shape index (κ3) is 3.32. The van der Waals surface area contributed by atoms with Crippen molar-refractivity contribution in [1.29, 1.82) is 0 Å². The van der Waals surface area contributed by atoms with Crippen molar-refractivity contribution in [1.82, 2.24) is 5.43 Å². The van der Waals surface area contributed by atoms with E-state index >= 15 is 0 Å². The van der Waals surface area contributed by atoms with Gasteiger partial charge in [-0.25, -0.2) is 10.2 Å². The summed E-state index contributed by atoms with van der Waals surface area (Å²) in [7, 11) is 0. The Balaban J connectivity index is 1.87. The first-order valence-corrected chi connectivity index (χ1v) is 7.44. The van der Waals surface area contributed by atoms with Gasteiger partial charge in [-0.15, -0.1) is 0 Å². The standard InChI is InChI=1S/C19H14N2O4/c22-16-10-9-12-5-1-3-7-14(12)17(16)18(23)21-20-11-13-6-2-4-8-15(13)19(24)25/h1-11,22H,(H,21,23)(H,24,25). The van der Waals surface area contributed by atoms with Gasteiger partial charge in [0.15, 0.2) is 0 Å². The molecule has 0 bridgehead atoms. The lowest BCUT2D eigenvalue weighted by atomic mass is 10.0. The molecule has 0 atom stereocenters. The molecule has 0 aliphatic carbocycles. The highest BCUT2D eigenvalue weighted by Crippen LogP contribution is 2.26. The molecule has 3 rings (SSSR count). The third-order valence-corrected chi connectivity index (χ3v) is 3.70. The van der Waals surface area contributed by atoms with Gasteiger partial charge >= 0.3 is 5.97 Å². The fourth-order valence-electron chi connectivity index (χ4n) is 2.52. The number of amides is 1. The Hall–Kier alpha value is -3.67. The van der Waals surface area contributed by atoms with Crippen molar-refractivity contribution in [3.63, 3.8) is 0 Å². The van der Waals surface area contributed by atoms with E-state index < -0.39 is 11.9 Å². The van der Waals surface area contributed by atoms with Crippen LogP contribution in [-0.4, -0.2) is 28.3 Å². The van der Waals surface area contributed by atoms with E-state index in [1.807, 2.05) is 12.1 Å². The Morgan fingerprint density at radius 2 is 1.68 bits per heavy atom. The van der Waals surface area contributed by atoms with E-state index in [1.165, 1.54) is 18.3 Å². The lowest BCUT2D eigenvalue weighted by molar-refractivity contribution is 0.0696. The molecule has 6 nitrogen and oxygen atoms in total. The number of fused-ring (bicyclic) bond motifs is 1. The van der Waals surface area contributed by atoms with Crippen LogP contribution >= 0.6 is 0 Å². The Bertz CT molecular complexity index is 996. The van der Waals surface area contributed by atoms with Gasteiger partial charge in [0.2, 0.25) is 0 Å². The maximum Gasteiger partial charge on any atom is 0.336 e. The molecule has 0 saturated carbocycles. The predicted molar refractivity (Wildman–Crippen MR) is 94.1 cm³/mol. The first kappa shape index (κ1) is 16.2. The Morgan fingerprint density at radius 1 is 0.960 bits per heavy atom. The molecule has 0 aromatic heterocycles. The van der Waals surface area contributed by atoms with Crippen LogP contribution in [0.4, 0.5) is 0 Å². The van der Waals surface area contributed by atoms with Gasteiger partial charge < -0.3 is 10.2 Å². The van der Waals surface area contributed by atoms with E-state index in [9.17, 15) is 14.7 Å². The van der Waals surface area contributed by atoms with E-state index in [2.05, 4.69) is 10.5 Å². The number of carbonyl (C=O) groups is 2. The lowest BCUT2D eigenvalue weighted by Gasteiger charge is -2.07. The average molecular weight is 334 g/mol. The van der Waals surface area contributed by atoms with Gasteiger partial charge in [-0.05, 0) is 22.9 Å². The number of hydrogen-bond donors (Lipinski definition) is 3. The van der Waals surface area contributed by atoms with E-state index in [-0.39, 0.29) is 16.9 Å². The van der Waals surface area contributed by atoms with Crippen LogP contribution in [0.15, 0.2) is 65.8 Å². The third-order valence-electron chi connectivity index (χ3n) is 3.70. The molecule has 6 heteroatoms. The number of phenolic OH excluding ortho intramolecular Hbond substituents is 1. The Morgan fingerprint density at radius 3 is 2.48 bits per heavy atom. The van der Waals surface area contributed by atoms with Crippen LogP contribution in [0.5, 0.6) is 5.75 Å². The maximum absolute atomic E-state index is 12.4. The second-order valence-corrected chi connectivity index (χ2v) is 5.27. The van der Waals surface area contributed by atoms with Crippen molar-refractivity contribution in [2.45, 2.75) is 0 Å². The summed E-state index contributed by atoms with van der Waals surface area (Å²) in [6.07, 6.45) is 1.25. The molecule has 0 unspecified atom stereocenters. The second-order valence-electron chi connectivity index (χ2n) is 5.27. The molecule has 0 radical (unpaired) electrons. The summed E-state index contributed by atoms with van der Waals surface area (Å²) in [5.74, 6) is -1.82. The molecule has 0 saturated heterocycles. The van der Waals surface area contributed by atoms with Gasteiger partial charge in [0.25, 0.3) is 5.91 Å². The minimum Gasteiger partial charge on any atom is -0.507 e. The van der Waals surface area contributed by atoms with Gasteiger partial charge in [-0.2, -0.15) is 5.10 Å². The number of nitrogens with zero attached hydrogens (tertiary/aromatic N) is 1. The largest absolute Gasteiger partial charge is 0.507 e. The molecule has 3 N–H and O–H groups in total. The van der Waals surface area contributed by atoms with Crippen molar-refractivity contribution < 1.29 is 19.8 Å². The normalized spacial score (nSPS) is 10.9. The van der Waals surface area contributed by atoms with Gasteiger partial charge in [0.1, 0.15) is 5.75 Å². The van der Waals surface area contributed by atoms with Gasteiger partial charge in [-0.1, -0.05) is 48.5 Å². The quantitative estimate of drug-likeness (QED) is 0.504. The van der Waals surface area contributed by atoms with E-state index in [1.54, 1.807) is 36.4 Å². The maximum atomic E-state index is 12.4. The molecular weight excluding hydrogens is 320 g/mol. The van der Waals surface area contributed by atoms with Crippen LogP contribution in [0.1, 0.15) is 26.3 Å². The number of rotatable bonds is 4. The smallest absolute Gasteiger partial charge is 0.336 e. The molecule has 0 heterocycles. The number of carboxylic acid groups (broad SMARTS) is 1. The van der Waals surface area contributed by atoms with Crippen LogP contribution in [-0.2, 0) is 0 Å². The summed E-state index contributed by atoms with van der Waals surface area (Å²) >= 11 is 0. The number of nitrogens with one attached hydrogen (secondary N) is 1. The number of aromatic hydroxyl groups is 1. The summed E-state index contributed by atoms with van der Waals surface area (Å²) < 4.78 is 0. The number of aromatic carboxylic acids is 1. The Labute approximate surface area is 143 Å².